The molecule has 0 aromatic carbocycles. The molecule has 0 atom stereocenters. The first-order valence-electron chi connectivity index (χ1n) is 7.61. The molecule has 0 unspecified atom stereocenters. The number of carbonyl (C=O) groups excluding carboxylic acids is 2. The zero-order chi connectivity index (χ0) is 15.3. The van der Waals surface area contributed by atoms with E-state index in [1.807, 2.05) is 4.90 Å². The lowest BCUT2D eigenvalue weighted by atomic mass is 9.86. The number of methoxy groups -OCH3 is 1. The monoisotopic (exact) mass is 293 g/mol. The minimum absolute atomic E-state index is 0.00937. The van der Waals surface area contributed by atoms with Crippen molar-refractivity contribution in [2.45, 2.75) is 32.1 Å². The number of amides is 1. The van der Waals surface area contributed by atoms with E-state index in [4.69, 9.17) is 0 Å². The van der Waals surface area contributed by atoms with Gasteiger partial charge in [-0.05, 0) is 12.8 Å². The molecule has 21 heavy (non-hydrogen) atoms. The number of nitrogens with zero attached hydrogens (tertiary/aromatic N) is 3. The van der Waals surface area contributed by atoms with Gasteiger partial charge < -0.3 is 9.64 Å². The summed E-state index contributed by atoms with van der Waals surface area (Å²) in [5.41, 5.74) is -0.770. The van der Waals surface area contributed by atoms with Crippen LogP contribution in [0.5, 0.6) is 0 Å². The lowest BCUT2D eigenvalue weighted by molar-refractivity contribution is -0.143. The summed E-state index contributed by atoms with van der Waals surface area (Å²) < 4.78 is 4.63. The Morgan fingerprint density at radius 2 is 1.81 bits per heavy atom. The number of piperazine rings is 1. The van der Waals surface area contributed by atoms with Crippen molar-refractivity contribution >= 4 is 11.9 Å². The van der Waals surface area contributed by atoms with Gasteiger partial charge in [0.25, 0.3) is 0 Å². The van der Waals surface area contributed by atoms with Crippen molar-refractivity contribution in [1.29, 1.82) is 5.26 Å². The van der Waals surface area contributed by atoms with Crippen LogP contribution in [0.25, 0.3) is 0 Å². The fraction of sp³-hybridized carbons (Fsp3) is 0.800. The zero-order valence-corrected chi connectivity index (χ0v) is 12.6. The number of nitriles is 1. The summed E-state index contributed by atoms with van der Waals surface area (Å²) in [6.07, 6.45) is 3.72. The fourth-order valence-corrected chi connectivity index (χ4v) is 3.18. The van der Waals surface area contributed by atoms with E-state index >= 15 is 0 Å². The van der Waals surface area contributed by atoms with Gasteiger partial charge in [-0.2, -0.15) is 5.26 Å². The van der Waals surface area contributed by atoms with E-state index in [9.17, 15) is 14.9 Å². The predicted molar refractivity (Wildman–Crippen MR) is 76.2 cm³/mol. The summed E-state index contributed by atoms with van der Waals surface area (Å²) in [4.78, 5) is 27.7. The first kappa shape index (κ1) is 15.8. The molecule has 0 aromatic rings. The van der Waals surface area contributed by atoms with Gasteiger partial charge in [0.2, 0.25) is 5.91 Å². The Morgan fingerprint density at radius 3 is 2.33 bits per heavy atom. The van der Waals surface area contributed by atoms with Crippen LogP contribution in [-0.4, -0.2) is 61.5 Å². The van der Waals surface area contributed by atoms with Crippen molar-refractivity contribution in [3.8, 4) is 6.07 Å². The highest BCUT2D eigenvalue weighted by Gasteiger charge is 2.44. The molecule has 1 aliphatic carbocycles. The molecule has 1 saturated heterocycles. The summed E-state index contributed by atoms with van der Waals surface area (Å²) >= 11 is 0. The smallest absolute Gasteiger partial charge is 0.306 e. The van der Waals surface area contributed by atoms with Crippen LogP contribution in [0, 0.1) is 16.7 Å². The standard InChI is InChI=1S/C15H23N3O3/c1-21-13(19)4-7-17-8-10-18(11-9-17)14(20)15(12-16)5-2-3-6-15/h2-11H2,1H3. The average molecular weight is 293 g/mol. The zero-order valence-electron chi connectivity index (χ0n) is 12.6. The normalized spacial score (nSPS) is 21.8. The van der Waals surface area contributed by atoms with Gasteiger partial charge in [-0.1, -0.05) is 12.8 Å². The van der Waals surface area contributed by atoms with E-state index in [1.54, 1.807) is 0 Å². The summed E-state index contributed by atoms with van der Waals surface area (Å²) in [6, 6.07) is 2.27. The molecule has 0 N–H and O–H groups in total. The van der Waals surface area contributed by atoms with Crippen LogP contribution >= 0.6 is 0 Å². The molecule has 1 amide bonds. The lowest BCUT2D eigenvalue weighted by Crippen LogP contribution is -2.52. The maximum absolute atomic E-state index is 12.6. The topological polar surface area (TPSA) is 73.6 Å². The van der Waals surface area contributed by atoms with Crippen LogP contribution in [0.2, 0.25) is 0 Å². The van der Waals surface area contributed by atoms with Crippen molar-refractivity contribution in [3.05, 3.63) is 0 Å². The van der Waals surface area contributed by atoms with Gasteiger partial charge in [-0.25, -0.2) is 0 Å². The highest BCUT2D eigenvalue weighted by molar-refractivity contribution is 5.86. The quantitative estimate of drug-likeness (QED) is 0.716. The van der Waals surface area contributed by atoms with Gasteiger partial charge >= 0.3 is 5.97 Å². The van der Waals surface area contributed by atoms with Gasteiger partial charge in [-0.15, -0.1) is 0 Å². The molecule has 2 fully saturated rings. The molecule has 1 saturated carbocycles. The Bertz CT molecular complexity index is 430. The van der Waals surface area contributed by atoms with Crippen LogP contribution in [-0.2, 0) is 14.3 Å². The predicted octanol–water partition coefficient (Wildman–Crippen LogP) is 0.778. The third kappa shape index (κ3) is 3.53. The van der Waals surface area contributed by atoms with Crippen molar-refractivity contribution < 1.29 is 14.3 Å². The van der Waals surface area contributed by atoms with Gasteiger partial charge in [-0.3, -0.25) is 14.5 Å². The molecule has 1 aliphatic heterocycles. The second-order valence-corrected chi connectivity index (χ2v) is 5.86. The minimum Gasteiger partial charge on any atom is -0.469 e. The van der Waals surface area contributed by atoms with Crippen LogP contribution in [0.4, 0.5) is 0 Å². The second-order valence-electron chi connectivity index (χ2n) is 5.86. The average Bonchev–Trinajstić information content (AvgIpc) is 3.02. The molecular weight excluding hydrogens is 270 g/mol. The summed E-state index contributed by atoms with van der Waals surface area (Å²) in [5.74, 6) is -0.196. The van der Waals surface area contributed by atoms with Crippen LogP contribution in [0.1, 0.15) is 32.1 Å². The van der Waals surface area contributed by atoms with Gasteiger partial charge in [0.05, 0.1) is 19.6 Å². The Balaban J connectivity index is 1.82. The Morgan fingerprint density at radius 1 is 1.19 bits per heavy atom. The molecule has 1 heterocycles. The SMILES string of the molecule is COC(=O)CCN1CCN(C(=O)C2(C#N)CCCC2)CC1. The Kier molecular flexibility index (Phi) is 5.18. The lowest BCUT2D eigenvalue weighted by Gasteiger charge is -2.37. The van der Waals surface area contributed by atoms with Gasteiger partial charge in [0.1, 0.15) is 5.41 Å². The first-order chi connectivity index (χ1) is 10.1. The highest BCUT2D eigenvalue weighted by atomic mass is 16.5. The maximum Gasteiger partial charge on any atom is 0.306 e. The van der Waals surface area contributed by atoms with Crippen molar-refractivity contribution in [1.82, 2.24) is 9.80 Å². The molecule has 0 aromatic heterocycles. The van der Waals surface area contributed by atoms with E-state index in [2.05, 4.69) is 15.7 Å². The summed E-state index contributed by atoms with van der Waals surface area (Å²) in [5, 5.41) is 9.38. The van der Waals surface area contributed by atoms with E-state index in [1.165, 1.54) is 7.11 Å². The Hall–Kier alpha value is -1.61. The highest BCUT2D eigenvalue weighted by Crippen LogP contribution is 2.39. The molecule has 6 heteroatoms. The number of esters is 1. The minimum atomic E-state index is -0.770. The number of hydrogen-bond acceptors (Lipinski definition) is 5. The van der Waals surface area contributed by atoms with Crippen LogP contribution in [0.15, 0.2) is 0 Å². The molecule has 2 aliphatic rings. The Labute approximate surface area is 125 Å². The maximum atomic E-state index is 12.6. The van der Waals surface area contributed by atoms with Crippen molar-refractivity contribution in [3.63, 3.8) is 0 Å². The van der Waals surface area contributed by atoms with Crippen molar-refractivity contribution in [2.24, 2.45) is 5.41 Å². The van der Waals surface area contributed by atoms with E-state index in [-0.39, 0.29) is 11.9 Å². The van der Waals surface area contributed by atoms with Gasteiger partial charge in [0, 0.05) is 32.7 Å². The fourth-order valence-electron chi connectivity index (χ4n) is 3.18. The molecule has 6 nitrogen and oxygen atoms in total. The molecule has 2 rings (SSSR count). The number of carbonyl (C=O) groups is 2. The molecular formula is C15H23N3O3. The first-order valence-corrected chi connectivity index (χ1v) is 7.61. The second kappa shape index (κ2) is 6.90. The number of rotatable bonds is 4. The van der Waals surface area contributed by atoms with E-state index in [0.29, 0.717) is 38.9 Å². The van der Waals surface area contributed by atoms with Gasteiger partial charge in [0.15, 0.2) is 0 Å². The van der Waals surface area contributed by atoms with E-state index < -0.39 is 5.41 Å². The summed E-state index contributed by atoms with van der Waals surface area (Å²) in [6.45, 7) is 3.46. The molecule has 116 valence electrons. The molecule has 0 spiro atoms. The molecule has 0 bridgehead atoms. The third-order valence-electron chi connectivity index (χ3n) is 4.60. The van der Waals surface area contributed by atoms with Crippen LogP contribution < -0.4 is 0 Å². The van der Waals surface area contributed by atoms with Crippen LogP contribution in [0.3, 0.4) is 0 Å². The largest absolute Gasteiger partial charge is 0.469 e. The molecule has 0 radical (unpaired) electrons. The third-order valence-corrected chi connectivity index (χ3v) is 4.60. The van der Waals surface area contributed by atoms with Crippen molar-refractivity contribution in [2.75, 3.05) is 39.8 Å². The summed E-state index contributed by atoms with van der Waals surface area (Å²) in [7, 11) is 1.39. The number of hydrogen-bond donors (Lipinski definition) is 0. The van der Waals surface area contributed by atoms with E-state index in [0.717, 1.165) is 25.9 Å². The number of ether oxygens (including phenoxy) is 1.